The second-order valence-corrected chi connectivity index (χ2v) is 12.5. The van der Waals surface area contributed by atoms with Crippen LogP contribution in [0.25, 0.3) is 0 Å². The minimum atomic E-state index is -1.47. The van der Waals surface area contributed by atoms with E-state index in [-0.39, 0.29) is 25.0 Å². The van der Waals surface area contributed by atoms with Crippen LogP contribution in [-0.4, -0.2) is 71.3 Å². The van der Waals surface area contributed by atoms with E-state index in [4.69, 9.17) is 23.8 Å². The summed E-state index contributed by atoms with van der Waals surface area (Å²) in [4.78, 5) is 43.6. The van der Waals surface area contributed by atoms with Gasteiger partial charge >= 0.3 is 12.1 Å². The highest BCUT2D eigenvalue weighted by Gasteiger charge is 2.76. The Kier molecular flexibility index (Phi) is 7.80. The van der Waals surface area contributed by atoms with Crippen molar-refractivity contribution >= 4 is 17.9 Å². The molecule has 1 saturated heterocycles. The van der Waals surface area contributed by atoms with E-state index in [0.29, 0.717) is 6.42 Å². The molecule has 2 N–H and O–H groups in total. The molecule has 1 aromatic rings. The Morgan fingerprint density at radius 1 is 1.15 bits per heavy atom. The fourth-order valence-corrected chi connectivity index (χ4v) is 8.79. The van der Waals surface area contributed by atoms with Gasteiger partial charge in [-0.2, -0.15) is 9.59 Å². The maximum absolute atomic E-state index is 14.8. The summed E-state index contributed by atoms with van der Waals surface area (Å²) in [5.74, 6) is -2.38. The number of fused-ring (bicyclic) bond motifs is 5. The number of aliphatic hydroxyl groups excluding tert-OH is 1. The first-order chi connectivity index (χ1) is 18.7. The zero-order valence-electron chi connectivity index (χ0n) is 24.2. The first-order valence-electron chi connectivity index (χ1n) is 13.7. The van der Waals surface area contributed by atoms with E-state index < -0.39 is 64.1 Å². The molecule has 0 unspecified atom stereocenters. The Morgan fingerprint density at radius 3 is 2.25 bits per heavy atom. The summed E-state index contributed by atoms with van der Waals surface area (Å²) in [6, 6.07) is 9.65. The van der Waals surface area contributed by atoms with Crippen molar-refractivity contribution < 1.29 is 43.6 Å². The number of rotatable bonds is 3. The highest BCUT2D eigenvalue weighted by atomic mass is 16.6. The van der Waals surface area contributed by atoms with E-state index in [1.807, 2.05) is 65.0 Å². The van der Waals surface area contributed by atoms with Gasteiger partial charge in [-0.3, -0.25) is 9.59 Å². The smallest absolute Gasteiger partial charge is 0.373 e. The van der Waals surface area contributed by atoms with Gasteiger partial charge in [0.15, 0.2) is 5.60 Å². The Bertz CT molecular complexity index is 1230. The largest absolute Gasteiger partial charge is 0.454 e. The summed E-state index contributed by atoms with van der Waals surface area (Å²) in [5.41, 5.74) is -2.19. The number of Topliss-reactive ketones (excluding diaryl/α,β-unsaturated/α-hetero) is 1. The van der Waals surface area contributed by atoms with Crippen LogP contribution in [0.4, 0.5) is 0 Å². The number of carbonyl (C=O) groups excluding carboxylic acids is 4. The summed E-state index contributed by atoms with van der Waals surface area (Å²) in [7, 11) is 1.60. The summed E-state index contributed by atoms with van der Waals surface area (Å²) < 4.78 is 18.2. The lowest BCUT2D eigenvalue weighted by Gasteiger charge is -2.69. The number of methoxy groups -OCH3 is 1. The first kappa shape index (κ1) is 30.3. The standard InChI is InChI=1S/C30H40O7.CO2/c1-16-20(32)14-30(34)24(19-11-9-8-10-12-19)25-28(6,26(33)17(2)23(16)27(30,4)5)21(35-7)13-22-29(25,15-36-22)37-18(3)31;2-1-3/h8-12,17,20-22,24-25,32,34H,13-15H2,1-7H3;/t17-,20+,21+,22-,24+,25+,28-,29+,30-;/m1./s1. The Labute approximate surface area is 234 Å². The van der Waals surface area contributed by atoms with Crippen LogP contribution in [0.5, 0.6) is 0 Å². The zero-order chi connectivity index (χ0) is 29.8. The van der Waals surface area contributed by atoms with Gasteiger partial charge in [-0.25, -0.2) is 0 Å². The average molecular weight is 557 g/mol. The lowest BCUT2D eigenvalue weighted by Crippen LogP contribution is -2.79. The number of hydrogen-bond donors (Lipinski definition) is 2. The number of ketones is 1. The lowest BCUT2D eigenvalue weighted by atomic mass is 9.41. The molecule has 2 bridgehead atoms. The zero-order valence-corrected chi connectivity index (χ0v) is 24.2. The van der Waals surface area contributed by atoms with Crippen LogP contribution in [-0.2, 0) is 33.4 Å². The Balaban J connectivity index is 0.00000118. The monoisotopic (exact) mass is 556 g/mol. The van der Waals surface area contributed by atoms with Gasteiger partial charge in [-0.05, 0) is 30.6 Å². The molecule has 2 saturated carbocycles. The van der Waals surface area contributed by atoms with Crippen molar-refractivity contribution in [3.63, 3.8) is 0 Å². The molecule has 0 amide bonds. The fraction of sp³-hybridized carbons (Fsp3) is 0.645. The van der Waals surface area contributed by atoms with Gasteiger partial charge in [0.2, 0.25) is 0 Å². The summed E-state index contributed by atoms with van der Waals surface area (Å²) in [6.45, 7) is 11.1. The van der Waals surface area contributed by atoms with Gasteiger partial charge in [-0.15, -0.1) is 0 Å². The van der Waals surface area contributed by atoms with Crippen molar-refractivity contribution in [2.45, 2.75) is 89.8 Å². The van der Waals surface area contributed by atoms with Crippen LogP contribution in [0, 0.1) is 22.7 Å². The number of ether oxygens (including phenoxy) is 3. The van der Waals surface area contributed by atoms with Gasteiger partial charge in [0, 0.05) is 50.0 Å². The third kappa shape index (κ3) is 3.97. The fourth-order valence-electron chi connectivity index (χ4n) is 8.79. The van der Waals surface area contributed by atoms with Gasteiger partial charge < -0.3 is 24.4 Å². The van der Waals surface area contributed by atoms with Crippen molar-refractivity contribution in [1.82, 2.24) is 0 Å². The predicted molar refractivity (Wildman–Crippen MR) is 142 cm³/mol. The molecule has 9 nitrogen and oxygen atoms in total. The van der Waals surface area contributed by atoms with Crippen molar-refractivity contribution in [3.05, 3.63) is 47.0 Å². The summed E-state index contributed by atoms with van der Waals surface area (Å²) in [6.07, 6.45) is -1.13. The molecule has 9 atom stereocenters. The molecule has 0 spiro atoms. The Hall–Kier alpha value is -2.68. The SMILES string of the molecule is CO[C@H]1C[C@H]2OC[C@@]2(OC(C)=O)[C@H]2[C@H](c3ccccc3)[C@]3(O)C[C@H](O)C(C)=C([C@@H](C)C(=O)[C@]12C)C3(C)C.O=C=O. The molecule has 40 heavy (non-hydrogen) atoms. The third-order valence-corrected chi connectivity index (χ3v) is 10.5. The number of hydrogen-bond acceptors (Lipinski definition) is 9. The molecule has 9 heteroatoms. The molecule has 1 aromatic carbocycles. The van der Waals surface area contributed by atoms with Crippen molar-refractivity contribution in [2.75, 3.05) is 13.7 Å². The van der Waals surface area contributed by atoms with E-state index in [2.05, 4.69) is 0 Å². The van der Waals surface area contributed by atoms with Gasteiger partial charge in [0.25, 0.3) is 0 Å². The number of benzene rings is 1. The minimum absolute atomic E-state index is 0.0271. The quantitative estimate of drug-likeness (QED) is 0.425. The molecule has 0 radical (unpaired) electrons. The van der Waals surface area contributed by atoms with Crippen LogP contribution in [0.15, 0.2) is 41.5 Å². The van der Waals surface area contributed by atoms with E-state index in [1.165, 1.54) is 6.92 Å². The van der Waals surface area contributed by atoms with E-state index in [0.717, 1.165) is 16.7 Å². The maximum Gasteiger partial charge on any atom is 0.373 e. The van der Waals surface area contributed by atoms with Crippen LogP contribution in [0.1, 0.15) is 65.9 Å². The normalized spacial score (nSPS) is 41.5. The minimum Gasteiger partial charge on any atom is -0.454 e. The van der Waals surface area contributed by atoms with Crippen LogP contribution in [0.3, 0.4) is 0 Å². The Morgan fingerprint density at radius 2 is 1.75 bits per heavy atom. The van der Waals surface area contributed by atoms with Gasteiger partial charge in [0.1, 0.15) is 11.9 Å². The molecular weight excluding hydrogens is 516 g/mol. The van der Waals surface area contributed by atoms with E-state index >= 15 is 0 Å². The molecule has 5 rings (SSSR count). The highest BCUT2D eigenvalue weighted by Crippen LogP contribution is 2.68. The first-order valence-corrected chi connectivity index (χ1v) is 13.7. The molecular formula is C31H40O9. The highest BCUT2D eigenvalue weighted by molar-refractivity contribution is 5.91. The molecule has 218 valence electrons. The summed E-state index contributed by atoms with van der Waals surface area (Å²) in [5, 5.41) is 24.3. The molecule has 1 heterocycles. The second kappa shape index (κ2) is 10.3. The van der Waals surface area contributed by atoms with Gasteiger partial charge in [-0.1, -0.05) is 51.1 Å². The molecule has 4 aliphatic rings. The molecule has 0 aromatic heterocycles. The van der Waals surface area contributed by atoms with Crippen molar-refractivity contribution in [2.24, 2.45) is 22.7 Å². The van der Waals surface area contributed by atoms with Crippen molar-refractivity contribution in [3.8, 4) is 0 Å². The predicted octanol–water partition coefficient (Wildman–Crippen LogP) is 2.99. The maximum atomic E-state index is 14.8. The van der Waals surface area contributed by atoms with Gasteiger partial charge in [0.05, 0.1) is 29.8 Å². The number of esters is 1. The van der Waals surface area contributed by atoms with E-state index in [1.54, 1.807) is 7.11 Å². The third-order valence-electron chi connectivity index (χ3n) is 10.5. The topological polar surface area (TPSA) is 136 Å². The lowest BCUT2D eigenvalue weighted by molar-refractivity contribution is -0.333. The van der Waals surface area contributed by atoms with Crippen LogP contribution in [0.2, 0.25) is 0 Å². The average Bonchev–Trinajstić information content (AvgIpc) is 2.88. The molecule has 1 aliphatic heterocycles. The van der Waals surface area contributed by atoms with E-state index in [9.17, 15) is 19.8 Å². The number of aliphatic hydroxyl groups is 2. The van der Waals surface area contributed by atoms with Crippen LogP contribution < -0.4 is 0 Å². The molecule has 3 fully saturated rings. The van der Waals surface area contributed by atoms with Crippen molar-refractivity contribution in [1.29, 1.82) is 0 Å². The molecule has 3 aliphatic carbocycles. The summed E-state index contributed by atoms with van der Waals surface area (Å²) >= 11 is 0. The number of carbonyl (C=O) groups is 2. The van der Waals surface area contributed by atoms with Crippen LogP contribution >= 0.6 is 0 Å². The second-order valence-electron chi connectivity index (χ2n) is 12.5.